The Hall–Kier alpha value is -4.07. The number of hydrogen-bond donors (Lipinski definition) is 2. The minimum atomic E-state index is -0.642. The molecule has 0 radical (unpaired) electrons. The molecule has 0 saturated heterocycles. The number of aromatic amines is 2. The maximum Gasteiger partial charge on any atom is 0.350 e. The van der Waals surface area contributed by atoms with Crippen LogP contribution in [0.4, 0.5) is 0 Å². The lowest BCUT2D eigenvalue weighted by molar-refractivity contribution is 0.363. The average molecular weight is 390 g/mol. The number of fused-ring (bicyclic) bond motifs is 3. The van der Waals surface area contributed by atoms with Crippen LogP contribution in [-0.4, -0.2) is 34.6 Å². The molecule has 29 heavy (non-hydrogen) atoms. The first-order chi connectivity index (χ1) is 14.1. The van der Waals surface area contributed by atoms with Gasteiger partial charge in [0.2, 0.25) is 0 Å². The van der Waals surface area contributed by atoms with Crippen LogP contribution in [0.5, 0.6) is 11.5 Å². The topological polar surface area (TPSA) is 101 Å². The van der Waals surface area contributed by atoms with Gasteiger partial charge in [0.05, 0.1) is 29.7 Å². The fraction of sp³-hybridized carbons (Fsp3) is 0.0952. The van der Waals surface area contributed by atoms with Crippen molar-refractivity contribution in [2.24, 2.45) is 5.10 Å². The van der Waals surface area contributed by atoms with Crippen molar-refractivity contribution < 1.29 is 9.47 Å². The van der Waals surface area contributed by atoms with Crippen molar-refractivity contribution >= 4 is 28.2 Å². The molecule has 2 heterocycles. The molecule has 4 aromatic rings. The van der Waals surface area contributed by atoms with E-state index in [1.165, 1.54) is 13.3 Å². The zero-order valence-electron chi connectivity index (χ0n) is 15.6. The highest BCUT2D eigenvalue weighted by molar-refractivity contribution is 6.07. The minimum absolute atomic E-state index is 0.245. The molecule has 0 aliphatic carbocycles. The fourth-order valence-corrected chi connectivity index (χ4v) is 3.06. The lowest BCUT2D eigenvalue weighted by Gasteiger charge is -2.03. The summed E-state index contributed by atoms with van der Waals surface area (Å²) >= 11 is 0. The van der Waals surface area contributed by atoms with Crippen LogP contribution in [0, 0.1) is 0 Å². The molecule has 2 aromatic carbocycles. The van der Waals surface area contributed by atoms with Gasteiger partial charge in [-0.1, -0.05) is 18.7 Å². The Morgan fingerprint density at radius 3 is 2.62 bits per heavy atom. The third-order valence-corrected chi connectivity index (χ3v) is 4.41. The van der Waals surface area contributed by atoms with Gasteiger partial charge in [-0.15, -0.1) is 4.68 Å². The average Bonchev–Trinajstić information content (AvgIpc) is 3.12. The molecular weight excluding hydrogens is 372 g/mol. The second-order valence-electron chi connectivity index (χ2n) is 6.22. The molecule has 0 aliphatic heterocycles. The molecule has 0 amide bonds. The number of aromatic nitrogens is 3. The number of benzene rings is 2. The summed E-state index contributed by atoms with van der Waals surface area (Å²) in [5.41, 5.74) is 0.835. The Balaban J connectivity index is 1.76. The van der Waals surface area contributed by atoms with Crippen molar-refractivity contribution in [1.29, 1.82) is 0 Å². The molecule has 0 unspecified atom stereocenters. The molecule has 146 valence electrons. The fourth-order valence-electron chi connectivity index (χ4n) is 3.06. The number of rotatable bonds is 6. The highest BCUT2D eigenvalue weighted by Gasteiger charge is 2.15. The van der Waals surface area contributed by atoms with E-state index in [1.54, 1.807) is 48.5 Å². The summed E-state index contributed by atoms with van der Waals surface area (Å²) in [7, 11) is 1.53. The molecule has 8 heteroatoms. The largest absolute Gasteiger partial charge is 0.496 e. The molecular formula is C21H18N4O4. The monoisotopic (exact) mass is 390 g/mol. The van der Waals surface area contributed by atoms with Crippen LogP contribution in [0.3, 0.4) is 0 Å². The van der Waals surface area contributed by atoms with Crippen LogP contribution < -0.4 is 20.7 Å². The van der Waals surface area contributed by atoms with E-state index in [0.717, 1.165) is 4.68 Å². The molecule has 0 fully saturated rings. The summed E-state index contributed by atoms with van der Waals surface area (Å²) in [6.45, 7) is 4.01. The predicted octanol–water partition coefficient (Wildman–Crippen LogP) is 2.63. The first-order valence-corrected chi connectivity index (χ1v) is 8.84. The Kier molecular flexibility index (Phi) is 4.74. The quantitative estimate of drug-likeness (QED) is 0.390. The van der Waals surface area contributed by atoms with Gasteiger partial charge in [-0.2, -0.15) is 5.10 Å². The highest BCUT2D eigenvalue weighted by atomic mass is 16.5. The third kappa shape index (κ3) is 3.31. The van der Waals surface area contributed by atoms with Gasteiger partial charge in [0.25, 0.3) is 0 Å². The normalized spacial score (nSPS) is 11.3. The summed E-state index contributed by atoms with van der Waals surface area (Å²) < 4.78 is 11.6. The van der Waals surface area contributed by atoms with Crippen molar-refractivity contribution in [3.05, 3.63) is 81.5 Å². The van der Waals surface area contributed by atoms with Crippen LogP contribution in [0.25, 0.3) is 21.9 Å². The first kappa shape index (κ1) is 18.3. The summed E-state index contributed by atoms with van der Waals surface area (Å²) in [5.74, 6) is 1.24. The molecule has 4 rings (SSSR count). The van der Waals surface area contributed by atoms with Gasteiger partial charge < -0.3 is 19.4 Å². The standard InChI is InChI=1S/C21H18N4O4/c1-3-11-29-14-9-7-13(8-10-14)12-22-25-20(26)19-18(24-21(25)27)17-15(23-19)5-4-6-16(17)28-2/h3-10,12,23H,1,11H2,2H3,(H,24,27). The number of H-pyrrole nitrogens is 2. The Morgan fingerprint density at radius 2 is 1.90 bits per heavy atom. The molecule has 8 nitrogen and oxygen atoms in total. The van der Waals surface area contributed by atoms with Gasteiger partial charge >= 0.3 is 11.2 Å². The SMILES string of the molecule is C=CCOc1ccc(C=Nn2c(=O)[nH]c3c([nH]c4cccc(OC)c43)c2=O)cc1. The van der Waals surface area contributed by atoms with Gasteiger partial charge in [0, 0.05) is 0 Å². The van der Waals surface area contributed by atoms with Crippen LogP contribution in [-0.2, 0) is 0 Å². The molecule has 0 saturated carbocycles. The predicted molar refractivity (Wildman–Crippen MR) is 112 cm³/mol. The van der Waals surface area contributed by atoms with Crippen LogP contribution in [0.1, 0.15) is 5.56 Å². The van der Waals surface area contributed by atoms with E-state index in [9.17, 15) is 9.59 Å². The van der Waals surface area contributed by atoms with Gasteiger partial charge in [-0.3, -0.25) is 4.79 Å². The first-order valence-electron chi connectivity index (χ1n) is 8.84. The van der Waals surface area contributed by atoms with Gasteiger partial charge in [-0.25, -0.2) is 4.79 Å². The second kappa shape index (κ2) is 7.51. The van der Waals surface area contributed by atoms with E-state index in [0.29, 0.717) is 40.1 Å². The third-order valence-electron chi connectivity index (χ3n) is 4.41. The van der Waals surface area contributed by atoms with Crippen molar-refractivity contribution in [3.63, 3.8) is 0 Å². The molecule has 2 aromatic heterocycles. The number of ether oxygens (including phenoxy) is 2. The number of nitrogens with zero attached hydrogens (tertiary/aromatic N) is 2. The van der Waals surface area contributed by atoms with E-state index in [4.69, 9.17) is 9.47 Å². The molecule has 0 spiro atoms. The van der Waals surface area contributed by atoms with Crippen molar-refractivity contribution in [3.8, 4) is 11.5 Å². The van der Waals surface area contributed by atoms with E-state index >= 15 is 0 Å². The minimum Gasteiger partial charge on any atom is -0.496 e. The van der Waals surface area contributed by atoms with E-state index < -0.39 is 11.2 Å². The highest BCUT2D eigenvalue weighted by Crippen LogP contribution is 2.29. The van der Waals surface area contributed by atoms with Crippen LogP contribution in [0.15, 0.2) is 69.8 Å². The lowest BCUT2D eigenvalue weighted by Crippen LogP contribution is -2.32. The second-order valence-corrected chi connectivity index (χ2v) is 6.22. The van der Waals surface area contributed by atoms with Crippen LogP contribution in [0.2, 0.25) is 0 Å². The Morgan fingerprint density at radius 1 is 1.10 bits per heavy atom. The summed E-state index contributed by atoms with van der Waals surface area (Å²) in [6, 6.07) is 12.4. The molecule has 2 N–H and O–H groups in total. The molecule has 0 atom stereocenters. The summed E-state index contributed by atoms with van der Waals surface area (Å²) in [5, 5.41) is 4.70. The van der Waals surface area contributed by atoms with Crippen molar-refractivity contribution in [2.75, 3.05) is 13.7 Å². The van der Waals surface area contributed by atoms with E-state index in [2.05, 4.69) is 21.6 Å². The maximum absolute atomic E-state index is 12.8. The Labute approximate surface area is 164 Å². The Bertz CT molecular complexity index is 1340. The molecule has 0 bridgehead atoms. The zero-order chi connectivity index (χ0) is 20.4. The smallest absolute Gasteiger partial charge is 0.350 e. The number of nitrogens with one attached hydrogen (secondary N) is 2. The van der Waals surface area contributed by atoms with Gasteiger partial charge in [0.15, 0.2) is 0 Å². The van der Waals surface area contributed by atoms with E-state index in [-0.39, 0.29) is 5.52 Å². The number of hydrogen-bond acceptors (Lipinski definition) is 5. The number of methoxy groups -OCH3 is 1. The van der Waals surface area contributed by atoms with Crippen molar-refractivity contribution in [1.82, 2.24) is 14.6 Å². The molecule has 0 aliphatic rings. The maximum atomic E-state index is 12.8. The van der Waals surface area contributed by atoms with Gasteiger partial charge in [0.1, 0.15) is 23.6 Å². The summed E-state index contributed by atoms with van der Waals surface area (Å²) in [6.07, 6.45) is 3.09. The summed E-state index contributed by atoms with van der Waals surface area (Å²) in [4.78, 5) is 31.1. The van der Waals surface area contributed by atoms with Crippen molar-refractivity contribution in [2.45, 2.75) is 0 Å². The zero-order valence-corrected chi connectivity index (χ0v) is 15.6. The van der Waals surface area contributed by atoms with Crippen LogP contribution >= 0.6 is 0 Å². The lowest BCUT2D eigenvalue weighted by atomic mass is 10.2. The van der Waals surface area contributed by atoms with E-state index in [1.807, 2.05) is 0 Å². The van der Waals surface area contributed by atoms with Gasteiger partial charge in [-0.05, 0) is 42.0 Å².